The molecule has 4 heteroatoms. The van der Waals surface area contributed by atoms with Crippen LogP contribution in [-0.4, -0.2) is 16.7 Å². The molecule has 2 aromatic rings. The van der Waals surface area contributed by atoms with Crippen LogP contribution in [0.5, 0.6) is 5.75 Å². The summed E-state index contributed by atoms with van der Waals surface area (Å²) in [6.45, 7) is 5.15. The molecule has 4 nitrogen and oxygen atoms in total. The second kappa shape index (κ2) is 5.78. The third-order valence-corrected chi connectivity index (χ3v) is 3.19. The van der Waals surface area contributed by atoms with E-state index in [-0.39, 0.29) is 0 Å². The first kappa shape index (κ1) is 13.5. The van der Waals surface area contributed by atoms with Crippen molar-refractivity contribution in [2.24, 2.45) is 0 Å². The Morgan fingerprint density at radius 3 is 2.74 bits per heavy atom. The van der Waals surface area contributed by atoms with E-state index in [2.05, 4.69) is 23.4 Å². The fourth-order valence-electron chi connectivity index (χ4n) is 2.24. The third kappa shape index (κ3) is 2.57. The van der Waals surface area contributed by atoms with E-state index in [0.29, 0.717) is 0 Å². The topological polar surface area (TPSA) is 53.1 Å². The molecule has 1 aromatic carbocycles. The Morgan fingerprint density at radius 1 is 1.32 bits per heavy atom. The Bertz CT molecular complexity index is 561. The highest BCUT2D eigenvalue weighted by Gasteiger charge is 2.14. The van der Waals surface area contributed by atoms with E-state index in [1.165, 1.54) is 0 Å². The van der Waals surface area contributed by atoms with Crippen molar-refractivity contribution in [3.63, 3.8) is 0 Å². The number of benzene rings is 1. The molecule has 0 unspecified atom stereocenters. The maximum atomic E-state index is 6.25. The summed E-state index contributed by atoms with van der Waals surface area (Å²) in [4.78, 5) is 4.67. The average molecular weight is 259 g/mol. The van der Waals surface area contributed by atoms with E-state index in [9.17, 15) is 0 Å². The number of hydrogen-bond acceptors (Lipinski definition) is 3. The second-order valence-electron chi connectivity index (χ2n) is 4.50. The molecule has 0 saturated carbocycles. The predicted molar refractivity (Wildman–Crippen MR) is 78.3 cm³/mol. The van der Waals surface area contributed by atoms with E-state index in [1.54, 1.807) is 7.11 Å². The number of nitrogens with two attached hydrogens (primary N) is 1. The molecular weight excluding hydrogens is 238 g/mol. The number of nitrogens with zero attached hydrogens (tertiary/aromatic N) is 2. The molecule has 2 rings (SSSR count). The third-order valence-electron chi connectivity index (χ3n) is 3.19. The van der Waals surface area contributed by atoms with Crippen molar-refractivity contribution < 1.29 is 4.74 Å². The van der Waals surface area contributed by atoms with Gasteiger partial charge in [0.25, 0.3) is 0 Å². The Labute approximate surface area is 114 Å². The standard InChI is InChI=1S/C15H21N3O/c1-4-9-18-13(5-2)17-14(15(18)16)11-7-6-8-12(10-11)19-3/h6-8,10H,4-5,9,16H2,1-3H3. The summed E-state index contributed by atoms with van der Waals surface area (Å²) < 4.78 is 7.36. The van der Waals surface area contributed by atoms with E-state index in [1.807, 2.05) is 24.3 Å². The van der Waals surface area contributed by atoms with E-state index in [4.69, 9.17) is 10.5 Å². The van der Waals surface area contributed by atoms with Gasteiger partial charge in [-0.15, -0.1) is 0 Å². The Hall–Kier alpha value is -1.97. The van der Waals surface area contributed by atoms with Gasteiger partial charge in [0.1, 0.15) is 23.1 Å². The van der Waals surface area contributed by atoms with Gasteiger partial charge in [0.2, 0.25) is 0 Å². The summed E-state index contributed by atoms with van der Waals surface area (Å²) in [6.07, 6.45) is 1.93. The van der Waals surface area contributed by atoms with Gasteiger partial charge in [0.15, 0.2) is 0 Å². The van der Waals surface area contributed by atoms with Gasteiger partial charge in [-0.2, -0.15) is 0 Å². The van der Waals surface area contributed by atoms with Crippen LogP contribution in [-0.2, 0) is 13.0 Å². The molecule has 0 amide bonds. The largest absolute Gasteiger partial charge is 0.497 e. The Kier molecular flexibility index (Phi) is 4.10. The monoisotopic (exact) mass is 259 g/mol. The van der Waals surface area contributed by atoms with Crippen molar-refractivity contribution in [3.05, 3.63) is 30.1 Å². The molecular formula is C15H21N3O. The lowest BCUT2D eigenvalue weighted by Crippen LogP contribution is -2.06. The molecule has 0 spiro atoms. The normalized spacial score (nSPS) is 10.7. The zero-order valence-electron chi connectivity index (χ0n) is 11.8. The maximum absolute atomic E-state index is 6.25. The zero-order valence-corrected chi connectivity index (χ0v) is 11.8. The molecule has 19 heavy (non-hydrogen) atoms. The van der Waals surface area contributed by atoms with Gasteiger partial charge in [-0.3, -0.25) is 0 Å². The van der Waals surface area contributed by atoms with Crippen LogP contribution < -0.4 is 10.5 Å². The molecule has 2 N–H and O–H groups in total. The number of aryl methyl sites for hydroxylation is 1. The number of anilines is 1. The second-order valence-corrected chi connectivity index (χ2v) is 4.50. The van der Waals surface area contributed by atoms with Crippen LogP contribution in [0.15, 0.2) is 24.3 Å². The Balaban J connectivity index is 2.49. The van der Waals surface area contributed by atoms with Crippen molar-refractivity contribution >= 4 is 5.82 Å². The number of rotatable bonds is 5. The van der Waals surface area contributed by atoms with E-state index < -0.39 is 0 Å². The van der Waals surface area contributed by atoms with Crippen LogP contribution in [0.25, 0.3) is 11.3 Å². The van der Waals surface area contributed by atoms with Crippen molar-refractivity contribution in [3.8, 4) is 17.0 Å². The molecule has 0 bridgehead atoms. The summed E-state index contributed by atoms with van der Waals surface area (Å²) in [7, 11) is 1.66. The predicted octanol–water partition coefficient (Wildman–Crippen LogP) is 3.11. The Morgan fingerprint density at radius 2 is 2.11 bits per heavy atom. The highest BCUT2D eigenvalue weighted by Crippen LogP contribution is 2.29. The van der Waals surface area contributed by atoms with Crippen LogP contribution in [0.1, 0.15) is 26.1 Å². The van der Waals surface area contributed by atoms with Crippen molar-refractivity contribution in [1.29, 1.82) is 0 Å². The molecule has 0 atom stereocenters. The minimum absolute atomic E-state index is 0.743. The number of aromatic nitrogens is 2. The van der Waals surface area contributed by atoms with Crippen molar-refractivity contribution in [2.75, 3.05) is 12.8 Å². The fraction of sp³-hybridized carbons (Fsp3) is 0.400. The minimum Gasteiger partial charge on any atom is -0.497 e. The molecule has 102 valence electrons. The SMILES string of the molecule is CCCn1c(CC)nc(-c2cccc(OC)c2)c1N. The van der Waals surface area contributed by atoms with Gasteiger partial charge in [-0.05, 0) is 18.6 Å². The van der Waals surface area contributed by atoms with Gasteiger partial charge < -0.3 is 15.0 Å². The number of methoxy groups -OCH3 is 1. The summed E-state index contributed by atoms with van der Waals surface area (Å²) in [6, 6.07) is 7.85. The number of ether oxygens (including phenoxy) is 1. The van der Waals surface area contributed by atoms with Crippen LogP contribution in [0.3, 0.4) is 0 Å². The molecule has 0 aliphatic rings. The minimum atomic E-state index is 0.743. The zero-order chi connectivity index (χ0) is 13.8. The summed E-state index contributed by atoms with van der Waals surface area (Å²) in [5.41, 5.74) is 8.10. The summed E-state index contributed by atoms with van der Waals surface area (Å²) in [5.74, 6) is 2.60. The van der Waals surface area contributed by atoms with Gasteiger partial charge in [0, 0.05) is 18.5 Å². The quantitative estimate of drug-likeness (QED) is 0.897. The number of nitrogen functional groups attached to an aromatic ring is 1. The highest BCUT2D eigenvalue weighted by atomic mass is 16.5. The first-order valence-electron chi connectivity index (χ1n) is 6.70. The van der Waals surface area contributed by atoms with Gasteiger partial charge >= 0.3 is 0 Å². The first-order chi connectivity index (χ1) is 9.21. The van der Waals surface area contributed by atoms with Crippen molar-refractivity contribution in [2.45, 2.75) is 33.2 Å². The number of hydrogen-bond donors (Lipinski definition) is 1. The molecule has 0 saturated heterocycles. The van der Waals surface area contributed by atoms with E-state index >= 15 is 0 Å². The van der Waals surface area contributed by atoms with Crippen LogP contribution >= 0.6 is 0 Å². The molecule has 0 aliphatic carbocycles. The fourth-order valence-corrected chi connectivity index (χ4v) is 2.24. The summed E-state index contributed by atoms with van der Waals surface area (Å²) in [5, 5.41) is 0. The smallest absolute Gasteiger partial charge is 0.131 e. The number of imidazole rings is 1. The summed E-state index contributed by atoms with van der Waals surface area (Å²) >= 11 is 0. The lowest BCUT2D eigenvalue weighted by molar-refractivity contribution is 0.415. The van der Waals surface area contributed by atoms with Crippen molar-refractivity contribution in [1.82, 2.24) is 9.55 Å². The van der Waals surface area contributed by atoms with Gasteiger partial charge in [-0.1, -0.05) is 26.0 Å². The maximum Gasteiger partial charge on any atom is 0.131 e. The van der Waals surface area contributed by atoms with Crippen LogP contribution in [0, 0.1) is 0 Å². The lowest BCUT2D eigenvalue weighted by Gasteiger charge is -2.07. The molecule has 1 heterocycles. The first-order valence-corrected chi connectivity index (χ1v) is 6.70. The van der Waals surface area contributed by atoms with Gasteiger partial charge in [-0.25, -0.2) is 4.98 Å². The molecule has 0 radical (unpaired) electrons. The average Bonchev–Trinajstić information content (AvgIpc) is 2.76. The van der Waals surface area contributed by atoms with E-state index in [0.717, 1.165) is 48.0 Å². The van der Waals surface area contributed by atoms with Gasteiger partial charge in [0.05, 0.1) is 7.11 Å². The highest BCUT2D eigenvalue weighted by molar-refractivity contribution is 5.72. The lowest BCUT2D eigenvalue weighted by atomic mass is 10.1. The molecule has 1 aromatic heterocycles. The molecule has 0 fully saturated rings. The van der Waals surface area contributed by atoms with Crippen LogP contribution in [0.4, 0.5) is 5.82 Å². The van der Waals surface area contributed by atoms with Crippen LogP contribution in [0.2, 0.25) is 0 Å². The molecule has 0 aliphatic heterocycles.